The maximum absolute atomic E-state index is 6.32. The highest BCUT2D eigenvalue weighted by atomic mass is 14.9. The lowest BCUT2D eigenvalue weighted by molar-refractivity contribution is 0.356. The number of nitrogens with zero attached hydrogens (tertiary/aromatic N) is 1. The average Bonchev–Trinajstić information content (AvgIpc) is 3.20. The molecule has 1 aliphatic carbocycles. The Kier molecular flexibility index (Phi) is 7.94. The molecule has 4 N–H and O–H groups in total. The molecule has 0 unspecified atom stereocenters. The summed E-state index contributed by atoms with van der Waals surface area (Å²) in [6.45, 7) is 10.2. The Morgan fingerprint density at radius 1 is 1.27 bits per heavy atom. The highest BCUT2D eigenvalue weighted by Gasteiger charge is 2.20. The molecule has 1 fully saturated rings. The van der Waals surface area contributed by atoms with Crippen LogP contribution >= 0.6 is 0 Å². The summed E-state index contributed by atoms with van der Waals surface area (Å²) in [7, 11) is 0. The number of hydrogen-bond acceptors (Lipinski definition) is 3. The van der Waals surface area contributed by atoms with E-state index in [0.29, 0.717) is 5.92 Å². The minimum absolute atomic E-state index is 0.575. The summed E-state index contributed by atoms with van der Waals surface area (Å²) in [6, 6.07) is 12.4. The van der Waals surface area contributed by atoms with E-state index < -0.39 is 0 Å². The van der Waals surface area contributed by atoms with Gasteiger partial charge in [0.1, 0.15) is 5.65 Å². The van der Waals surface area contributed by atoms with E-state index in [-0.39, 0.29) is 0 Å². The third-order valence-corrected chi connectivity index (χ3v) is 6.05. The number of anilines is 1. The number of benzene rings is 1. The van der Waals surface area contributed by atoms with E-state index in [1.807, 2.05) is 25.1 Å². The third kappa shape index (κ3) is 5.64. The number of hydrogen-bond donors (Lipinski definition) is 3. The van der Waals surface area contributed by atoms with Crippen LogP contribution < -0.4 is 11.1 Å². The lowest BCUT2D eigenvalue weighted by Gasteiger charge is -2.28. The minimum Gasteiger partial charge on any atom is -0.398 e. The van der Waals surface area contributed by atoms with E-state index in [1.54, 1.807) is 6.20 Å². The van der Waals surface area contributed by atoms with Gasteiger partial charge < -0.3 is 16.0 Å². The number of nitrogen functional groups attached to an aromatic ring is 1. The van der Waals surface area contributed by atoms with Gasteiger partial charge in [-0.15, -0.1) is 12.8 Å². The number of allylic oxidation sites excluding steroid dienone is 5. The predicted molar refractivity (Wildman–Crippen MR) is 141 cm³/mol. The summed E-state index contributed by atoms with van der Waals surface area (Å²) in [5.74, 6) is 0.575. The van der Waals surface area contributed by atoms with Gasteiger partial charge in [0.2, 0.25) is 0 Å². The van der Waals surface area contributed by atoms with Crippen LogP contribution in [0.1, 0.15) is 43.0 Å². The van der Waals surface area contributed by atoms with E-state index in [1.165, 1.54) is 19.3 Å². The maximum atomic E-state index is 6.32. The van der Waals surface area contributed by atoms with Crippen molar-refractivity contribution >= 4 is 22.3 Å². The highest BCUT2D eigenvalue weighted by molar-refractivity contribution is 5.78. The van der Waals surface area contributed by atoms with Crippen LogP contribution in [0.3, 0.4) is 0 Å². The van der Waals surface area contributed by atoms with Crippen molar-refractivity contribution in [1.82, 2.24) is 15.3 Å². The molecule has 33 heavy (non-hydrogen) atoms. The summed E-state index contributed by atoms with van der Waals surface area (Å²) in [5, 5.41) is 4.56. The van der Waals surface area contributed by atoms with Gasteiger partial charge in [-0.3, -0.25) is 0 Å². The first-order valence-corrected chi connectivity index (χ1v) is 11.2. The highest BCUT2D eigenvalue weighted by Crippen LogP contribution is 2.32. The number of nitrogens with one attached hydrogen (secondary N) is 2. The smallest absolute Gasteiger partial charge is 0.137 e. The van der Waals surface area contributed by atoms with Crippen LogP contribution in [0.2, 0.25) is 0 Å². The number of nitrogens with two attached hydrogens (primary N) is 1. The molecule has 0 amide bonds. The van der Waals surface area contributed by atoms with Crippen LogP contribution in [0.15, 0.2) is 85.4 Å². The van der Waals surface area contributed by atoms with Gasteiger partial charge in [0.05, 0.1) is 0 Å². The van der Waals surface area contributed by atoms with Crippen LogP contribution in [0.5, 0.6) is 0 Å². The van der Waals surface area contributed by atoms with Crippen LogP contribution in [0, 0.1) is 18.8 Å². The Bertz CT molecular complexity index is 1190. The van der Waals surface area contributed by atoms with Gasteiger partial charge in [-0.2, -0.15) is 0 Å². The third-order valence-electron chi connectivity index (χ3n) is 6.05. The second kappa shape index (κ2) is 11.1. The molecule has 0 radical (unpaired) electrons. The molecule has 1 saturated carbocycles. The van der Waals surface area contributed by atoms with Gasteiger partial charge in [0.25, 0.3) is 0 Å². The fourth-order valence-electron chi connectivity index (χ4n) is 3.94. The van der Waals surface area contributed by atoms with Gasteiger partial charge >= 0.3 is 0 Å². The predicted octanol–water partition coefficient (Wildman–Crippen LogP) is 6.36. The monoisotopic (exact) mass is 436 g/mol. The van der Waals surface area contributed by atoms with E-state index in [9.17, 15) is 0 Å². The normalized spacial score (nSPS) is 14.2. The van der Waals surface area contributed by atoms with Crippen LogP contribution in [0.25, 0.3) is 16.6 Å². The van der Waals surface area contributed by atoms with E-state index in [2.05, 4.69) is 77.7 Å². The van der Waals surface area contributed by atoms with Crippen LogP contribution in [0.4, 0.5) is 5.69 Å². The molecule has 0 saturated heterocycles. The number of aromatic amines is 1. The first-order valence-electron chi connectivity index (χ1n) is 11.2. The fourth-order valence-corrected chi connectivity index (χ4v) is 3.94. The Hall–Kier alpha value is -3.97. The number of fused-ring (bicyclic) bond motifs is 1. The van der Waals surface area contributed by atoms with Gasteiger partial charge in [-0.25, -0.2) is 4.98 Å². The summed E-state index contributed by atoms with van der Waals surface area (Å²) in [5.41, 5.74) is 14.5. The zero-order valence-electron chi connectivity index (χ0n) is 19.3. The van der Waals surface area contributed by atoms with Crippen molar-refractivity contribution in [3.63, 3.8) is 0 Å². The molecule has 4 nitrogen and oxygen atoms in total. The molecule has 4 rings (SSSR count). The Morgan fingerprint density at radius 3 is 2.70 bits per heavy atom. The number of rotatable bonds is 8. The van der Waals surface area contributed by atoms with Crippen molar-refractivity contribution in [1.29, 1.82) is 0 Å². The summed E-state index contributed by atoms with van der Waals surface area (Å²) in [6.07, 6.45) is 20.3. The Labute approximate surface area is 197 Å². The van der Waals surface area contributed by atoms with E-state index >= 15 is 0 Å². The van der Waals surface area contributed by atoms with Crippen molar-refractivity contribution < 1.29 is 0 Å². The quantitative estimate of drug-likeness (QED) is 0.219. The average molecular weight is 437 g/mol. The van der Waals surface area contributed by atoms with E-state index in [4.69, 9.17) is 5.73 Å². The SMILES string of the molecule is C#C.C=C/C(=C\C(=C/C)c1ccc(N)c(Cc2cc3cccnc3[nH]2)c1)NC(=C)C1CCC1. The molecular formula is C29H32N4. The number of pyridine rings is 1. The molecule has 1 aliphatic rings. The van der Waals surface area contributed by atoms with E-state index in [0.717, 1.165) is 56.9 Å². The first-order chi connectivity index (χ1) is 16.1. The molecule has 2 aromatic heterocycles. The molecule has 0 atom stereocenters. The number of H-pyrrole nitrogens is 1. The van der Waals surface area contributed by atoms with Crippen molar-refractivity contribution in [2.75, 3.05) is 5.73 Å². The Morgan fingerprint density at radius 2 is 2.06 bits per heavy atom. The van der Waals surface area contributed by atoms with Crippen LogP contribution in [-0.2, 0) is 6.42 Å². The van der Waals surface area contributed by atoms with Gasteiger partial charge in [0.15, 0.2) is 0 Å². The largest absolute Gasteiger partial charge is 0.398 e. The standard InChI is InChI=1S/C27H30N4.C2H2/c1-4-19(15-24(5-2)30-18(3)20-8-6-9-20)21-11-12-26(28)23(14-21)17-25-16-22-10-7-13-29-27(22)31-25;1-2/h4-5,7,10-16,20,30H,2-3,6,8-9,17,28H2,1H3,(H,29,31);1-2H/b19-4+,24-15+;. The molecular weight excluding hydrogens is 404 g/mol. The lowest BCUT2D eigenvalue weighted by Crippen LogP contribution is -2.23. The molecule has 0 spiro atoms. The maximum Gasteiger partial charge on any atom is 0.137 e. The van der Waals surface area contributed by atoms with Gasteiger partial charge in [-0.05, 0) is 84.9 Å². The second-order valence-corrected chi connectivity index (χ2v) is 8.15. The molecule has 3 aromatic rings. The number of terminal acetylenes is 1. The van der Waals surface area contributed by atoms with Crippen molar-refractivity contribution in [2.24, 2.45) is 5.92 Å². The first kappa shape index (κ1) is 23.7. The van der Waals surface area contributed by atoms with Gasteiger partial charge in [-0.1, -0.05) is 31.7 Å². The molecule has 2 heterocycles. The molecule has 4 heteroatoms. The zero-order valence-corrected chi connectivity index (χ0v) is 19.3. The Balaban J connectivity index is 0.00000149. The molecule has 0 aliphatic heterocycles. The van der Waals surface area contributed by atoms with Gasteiger partial charge in [0, 0.05) is 40.8 Å². The van der Waals surface area contributed by atoms with Crippen molar-refractivity contribution in [3.05, 3.63) is 102 Å². The fraction of sp³-hybridized carbons (Fsp3) is 0.207. The zero-order chi connectivity index (χ0) is 23.8. The summed E-state index contributed by atoms with van der Waals surface area (Å²) >= 11 is 0. The lowest BCUT2D eigenvalue weighted by atomic mass is 9.83. The molecule has 1 aromatic carbocycles. The second-order valence-electron chi connectivity index (χ2n) is 8.15. The summed E-state index contributed by atoms with van der Waals surface area (Å²) in [4.78, 5) is 7.78. The topological polar surface area (TPSA) is 66.7 Å². The minimum atomic E-state index is 0.575. The summed E-state index contributed by atoms with van der Waals surface area (Å²) < 4.78 is 0. The van der Waals surface area contributed by atoms with Crippen LogP contribution in [-0.4, -0.2) is 9.97 Å². The number of aromatic nitrogens is 2. The molecule has 0 bridgehead atoms. The van der Waals surface area contributed by atoms with Crippen molar-refractivity contribution in [2.45, 2.75) is 32.6 Å². The van der Waals surface area contributed by atoms with Crippen molar-refractivity contribution in [3.8, 4) is 12.8 Å². The molecule has 168 valence electrons.